The molecule has 8 nitrogen and oxygen atoms in total. The van der Waals surface area contributed by atoms with Crippen LogP contribution in [0.2, 0.25) is 0 Å². The Bertz CT molecular complexity index is 1220. The van der Waals surface area contributed by atoms with E-state index in [1.54, 1.807) is 23.9 Å². The minimum atomic E-state index is -0.282. The number of ether oxygens (including phenoxy) is 1. The smallest absolute Gasteiger partial charge is 0.327 e. The van der Waals surface area contributed by atoms with Crippen molar-refractivity contribution < 1.29 is 9.53 Å². The van der Waals surface area contributed by atoms with Gasteiger partial charge in [0.1, 0.15) is 11.6 Å². The third-order valence-corrected chi connectivity index (χ3v) is 6.12. The second-order valence-corrected chi connectivity index (χ2v) is 8.52. The summed E-state index contributed by atoms with van der Waals surface area (Å²) in [7, 11) is 1.65. The summed E-state index contributed by atoms with van der Waals surface area (Å²) in [5.74, 6) is 1.01. The zero-order chi connectivity index (χ0) is 24.1. The molecule has 3 N–H and O–H groups in total. The van der Waals surface area contributed by atoms with Crippen molar-refractivity contribution in [2.75, 3.05) is 30.8 Å². The third-order valence-electron chi connectivity index (χ3n) is 6.12. The van der Waals surface area contributed by atoms with Crippen molar-refractivity contribution in [2.24, 2.45) is 0 Å². The molecule has 8 heteroatoms. The highest BCUT2D eigenvalue weighted by molar-refractivity contribution is 5.98. The standard InChI is InChI=1S/C26H31N5O3/c1-4-25(32)27-21-9-7-8-20(15-21)18(2)31-17-24(29-26(31)33)28-22-11-10-19(14-23(22)34-3)16-30-12-5-6-13-30/h4,7-11,14-15,17-18,28H,1,5-6,12-13,16H2,2-3H3,(H,27,32)(H,29,33). The van der Waals surface area contributed by atoms with Gasteiger partial charge in [-0.2, -0.15) is 0 Å². The number of likely N-dealkylation sites (tertiary alicyclic amines) is 1. The summed E-state index contributed by atoms with van der Waals surface area (Å²) in [4.78, 5) is 29.6. The first kappa shape index (κ1) is 23.4. The third kappa shape index (κ3) is 5.40. The predicted octanol–water partition coefficient (Wildman–Crippen LogP) is 4.26. The maximum Gasteiger partial charge on any atom is 0.327 e. The Hall–Kier alpha value is -3.78. The molecule has 2 aromatic carbocycles. The summed E-state index contributed by atoms with van der Waals surface area (Å²) in [6.45, 7) is 8.59. The van der Waals surface area contributed by atoms with Gasteiger partial charge in [0.25, 0.3) is 0 Å². The van der Waals surface area contributed by atoms with E-state index in [2.05, 4.69) is 33.2 Å². The first-order valence-electron chi connectivity index (χ1n) is 11.5. The molecule has 0 bridgehead atoms. The normalized spacial score (nSPS) is 14.5. The van der Waals surface area contributed by atoms with E-state index in [1.165, 1.54) is 24.5 Å². The van der Waals surface area contributed by atoms with E-state index in [1.807, 2.05) is 37.3 Å². The number of amides is 1. The van der Waals surface area contributed by atoms with Crippen molar-refractivity contribution in [3.05, 3.63) is 82.9 Å². The molecule has 0 saturated carbocycles. The number of nitrogens with one attached hydrogen (secondary N) is 3. The highest BCUT2D eigenvalue weighted by Gasteiger charge is 2.16. The predicted molar refractivity (Wildman–Crippen MR) is 135 cm³/mol. The molecule has 1 unspecified atom stereocenters. The average molecular weight is 462 g/mol. The summed E-state index contributed by atoms with van der Waals surface area (Å²) < 4.78 is 7.23. The van der Waals surface area contributed by atoms with Gasteiger partial charge in [0.2, 0.25) is 5.91 Å². The summed E-state index contributed by atoms with van der Waals surface area (Å²) in [5, 5.41) is 6.02. The molecule has 1 amide bonds. The Kier molecular flexibility index (Phi) is 7.18. The van der Waals surface area contributed by atoms with Crippen molar-refractivity contribution >= 4 is 23.1 Å². The highest BCUT2D eigenvalue weighted by atomic mass is 16.5. The van der Waals surface area contributed by atoms with Crippen LogP contribution in [0.1, 0.15) is 36.9 Å². The van der Waals surface area contributed by atoms with Crippen LogP contribution in [-0.2, 0) is 11.3 Å². The van der Waals surface area contributed by atoms with Gasteiger partial charge in [-0.15, -0.1) is 0 Å². The van der Waals surface area contributed by atoms with Gasteiger partial charge in [0, 0.05) is 12.2 Å². The van der Waals surface area contributed by atoms with E-state index >= 15 is 0 Å². The number of hydrogen-bond donors (Lipinski definition) is 3. The molecule has 0 spiro atoms. The molecule has 3 aromatic rings. The number of carbonyl (C=O) groups excluding carboxylic acids is 1. The number of aromatic amines is 1. The molecule has 1 atom stereocenters. The minimum Gasteiger partial charge on any atom is -0.495 e. The molecule has 0 radical (unpaired) electrons. The number of nitrogens with zero attached hydrogens (tertiary/aromatic N) is 2. The van der Waals surface area contributed by atoms with Crippen molar-refractivity contribution in [3.63, 3.8) is 0 Å². The SMILES string of the molecule is C=CC(=O)Nc1cccc(C(C)n2cc(Nc3ccc(CN4CCCC4)cc3OC)[nH]c2=O)c1. The largest absolute Gasteiger partial charge is 0.495 e. The zero-order valence-electron chi connectivity index (χ0n) is 19.6. The first-order valence-corrected chi connectivity index (χ1v) is 11.5. The Balaban J connectivity index is 1.51. The van der Waals surface area contributed by atoms with E-state index < -0.39 is 0 Å². The second kappa shape index (κ2) is 10.4. The summed E-state index contributed by atoms with van der Waals surface area (Å²) >= 11 is 0. The fourth-order valence-corrected chi connectivity index (χ4v) is 4.27. The molecule has 2 heterocycles. The topological polar surface area (TPSA) is 91.4 Å². The van der Waals surface area contributed by atoms with E-state index in [0.29, 0.717) is 11.5 Å². The molecule has 1 aliphatic heterocycles. The van der Waals surface area contributed by atoms with Gasteiger partial charge in [-0.3, -0.25) is 19.2 Å². The number of methoxy groups -OCH3 is 1. The van der Waals surface area contributed by atoms with Crippen LogP contribution in [-0.4, -0.2) is 40.6 Å². The van der Waals surface area contributed by atoms with Gasteiger partial charge in [-0.05, 0) is 74.3 Å². The van der Waals surface area contributed by atoms with Gasteiger partial charge < -0.3 is 15.4 Å². The maximum absolute atomic E-state index is 12.7. The maximum atomic E-state index is 12.7. The van der Waals surface area contributed by atoms with Crippen LogP contribution in [0, 0.1) is 0 Å². The van der Waals surface area contributed by atoms with Crippen LogP contribution < -0.4 is 21.1 Å². The Morgan fingerprint density at radius 1 is 1.24 bits per heavy atom. The van der Waals surface area contributed by atoms with Crippen molar-refractivity contribution in [1.29, 1.82) is 0 Å². The van der Waals surface area contributed by atoms with Gasteiger partial charge in [-0.25, -0.2) is 4.79 Å². The lowest BCUT2D eigenvalue weighted by molar-refractivity contribution is -0.111. The van der Waals surface area contributed by atoms with E-state index in [9.17, 15) is 9.59 Å². The monoisotopic (exact) mass is 461 g/mol. The van der Waals surface area contributed by atoms with E-state index in [-0.39, 0.29) is 17.6 Å². The Morgan fingerprint density at radius 2 is 2.03 bits per heavy atom. The van der Waals surface area contributed by atoms with Gasteiger partial charge in [0.05, 0.1) is 25.0 Å². The molecule has 1 fully saturated rings. The molecule has 4 rings (SSSR count). The van der Waals surface area contributed by atoms with Crippen molar-refractivity contribution in [2.45, 2.75) is 32.4 Å². The van der Waals surface area contributed by atoms with Gasteiger partial charge in [0.15, 0.2) is 0 Å². The molecule has 34 heavy (non-hydrogen) atoms. The molecular weight excluding hydrogens is 430 g/mol. The number of H-pyrrole nitrogens is 1. The van der Waals surface area contributed by atoms with Crippen LogP contribution in [0.3, 0.4) is 0 Å². The minimum absolute atomic E-state index is 0.236. The molecule has 178 valence electrons. The lowest BCUT2D eigenvalue weighted by Crippen LogP contribution is -2.20. The van der Waals surface area contributed by atoms with Crippen LogP contribution >= 0.6 is 0 Å². The number of imidazole rings is 1. The number of benzene rings is 2. The van der Waals surface area contributed by atoms with E-state index in [0.717, 1.165) is 36.6 Å². The van der Waals surface area contributed by atoms with Crippen LogP contribution in [0.5, 0.6) is 5.75 Å². The van der Waals surface area contributed by atoms with Crippen molar-refractivity contribution in [1.82, 2.24) is 14.5 Å². The quantitative estimate of drug-likeness (QED) is 0.414. The number of hydrogen-bond acceptors (Lipinski definition) is 5. The number of rotatable bonds is 9. The molecule has 1 aromatic heterocycles. The second-order valence-electron chi connectivity index (χ2n) is 8.52. The molecule has 1 aliphatic rings. The van der Waals surface area contributed by atoms with Crippen LogP contribution in [0.15, 0.2) is 66.1 Å². The Labute approximate surface area is 199 Å². The van der Waals surface area contributed by atoms with Crippen LogP contribution in [0.4, 0.5) is 17.2 Å². The lowest BCUT2D eigenvalue weighted by atomic mass is 10.1. The first-order chi connectivity index (χ1) is 16.5. The fraction of sp³-hybridized carbons (Fsp3) is 0.308. The molecule has 0 aliphatic carbocycles. The number of carbonyl (C=O) groups is 1. The van der Waals surface area contributed by atoms with Gasteiger partial charge >= 0.3 is 5.69 Å². The fourth-order valence-electron chi connectivity index (χ4n) is 4.27. The van der Waals surface area contributed by atoms with Gasteiger partial charge in [-0.1, -0.05) is 24.8 Å². The summed E-state index contributed by atoms with van der Waals surface area (Å²) in [5.41, 5.74) is 3.28. The highest BCUT2D eigenvalue weighted by Crippen LogP contribution is 2.29. The van der Waals surface area contributed by atoms with Crippen molar-refractivity contribution in [3.8, 4) is 5.75 Å². The zero-order valence-corrected chi connectivity index (χ0v) is 19.6. The molecule has 1 saturated heterocycles. The number of aromatic nitrogens is 2. The Morgan fingerprint density at radius 3 is 2.76 bits per heavy atom. The average Bonchev–Trinajstić information content (AvgIpc) is 3.48. The summed E-state index contributed by atoms with van der Waals surface area (Å²) in [6, 6.07) is 13.3. The summed E-state index contributed by atoms with van der Waals surface area (Å²) in [6.07, 6.45) is 5.48. The lowest BCUT2D eigenvalue weighted by Gasteiger charge is -2.17. The molecular formula is C26H31N5O3. The van der Waals surface area contributed by atoms with E-state index in [4.69, 9.17) is 4.74 Å². The van der Waals surface area contributed by atoms with Crippen LogP contribution in [0.25, 0.3) is 0 Å². The number of anilines is 3.